The van der Waals surface area contributed by atoms with Gasteiger partial charge in [-0.1, -0.05) is 12.1 Å². The minimum Gasteiger partial charge on any atom is -0.462 e. The first-order chi connectivity index (χ1) is 10.6. The predicted octanol–water partition coefficient (Wildman–Crippen LogP) is 2.87. The van der Waals surface area contributed by atoms with Gasteiger partial charge in [0.1, 0.15) is 0 Å². The molecule has 120 valence electrons. The maximum Gasteiger partial charge on any atom is 0.348 e. The SMILES string of the molecule is CCOC(=O)C1=P(OCC)(OCC)Nc2ccccc2C1=O. The molecule has 1 aliphatic rings. The number of fused-ring (bicyclic) bond motifs is 1. The number of anilines is 1. The second kappa shape index (κ2) is 7.09. The summed E-state index contributed by atoms with van der Waals surface area (Å²) in [6, 6.07) is 6.98. The minimum atomic E-state index is -3.03. The van der Waals surface area contributed by atoms with Gasteiger partial charge in [0.15, 0.2) is 5.29 Å². The number of carbonyl (C=O) groups is 2. The molecule has 1 heterocycles. The highest BCUT2D eigenvalue weighted by molar-refractivity contribution is 7.73. The fourth-order valence-corrected chi connectivity index (χ4v) is 4.77. The van der Waals surface area contributed by atoms with Crippen molar-refractivity contribution >= 4 is 30.2 Å². The highest BCUT2D eigenvalue weighted by Crippen LogP contribution is 2.54. The van der Waals surface area contributed by atoms with Gasteiger partial charge in [0, 0.05) is 5.56 Å². The first-order valence-electron chi connectivity index (χ1n) is 7.24. The van der Waals surface area contributed by atoms with Crippen molar-refractivity contribution in [3.05, 3.63) is 29.8 Å². The molecule has 0 unspecified atom stereocenters. The van der Waals surface area contributed by atoms with E-state index in [1.165, 1.54) is 0 Å². The number of nitrogens with one attached hydrogen (secondary N) is 1. The van der Waals surface area contributed by atoms with E-state index in [1.54, 1.807) is 45.0 Å². The number of para-hydroxylation sites is 1. The van der Waals surface area contributed by atoms with Gasteiger partial charge in [0.25, 0.3) is 0 Å². The monoisotopic (exact) mass is 325 g/mol. The Morgan fingerprint density at radius 3 is 2.32 bits per heavy atom. The van der Waals surface area contributed by atoms with E-state index in [4.69, 9.17) is 13.8 Å². The van der Waals surface area contributed by atoms with Crippen LogP contribution in [0.25, 0.3) is 0 Å². The van der Waals surface area contributed by atoms with Crippen LogP contribution in [0.5, 0.6) is 0 Å². The topological polar surface area (TPSA) is 73.9 Å². The number of carbonyl (C=O) groups excluding carboxylic acids is 2. The molecule has 1 aromatic rings. The van der Waals surface area contributed by atoms with E-state index in [-0.39, 0.29) is 11.9 Å². The number of esters is 1. The third-order valence-corrected chi connectivity index (χ3v) is 5.79. The molecule has 1 N–H and O–H groups in total. The Balaban J connectivity index is 2.65. The first-order valence-corrected chi connectivity index (χ1v) is 8.86. The van der Waals surface area contributed by atoms with E-state index in [0.717, 1.165) is 0 Å². The Bertz CT molecular complexity index is 631. The molecular weight excluding hydrogens is 305 g/mol. The van der Waals surface area contributed by atoms with Gasteiger partial charge in [-0.15, -0.1) is 0 Å². The largest absolute Gasteiger partial charge is 0.462 e. The molecule has 0 aromatic heterocycles. The summed E-state index contributed by atoms with van der Waals surface area (Å²) in [6.45, 7) is 6.05. The van der Waals surface area contributed by atoms with Crippen molar-refractivity contribution in [1.82, 2.24) is 0 Å². The highest BCUT2D eigenvalue weighted by atomic mass is 31.2. The highest BCUT2D eigenvalue weighted by Gasteiger charge is 2.41. The maximum absolute atomic E-state index is 12.8. The quantitative estimate of drug-likeness (QED) is 0.640. The average Bonchev–Trinajstić information content (AvgIpc) is 2.48. The molecule has 6 nitrogen and oxygen atoms in total. The molecule has 0 bridgehead atoms. The van der Waals surface area contributed by atoms with Crippen molar-refractivity contribution in [1.29, 1.82) is 0 Å². The zero-order chi connectivity index (χ0) is 16.2. The van der Waals surface area contributed by atoms with E-state index < -0.39 is 19.2 Å². The summed E-state index contributed by atoms with van der Waals surface area (Å²) in [5, 5.41) is 3.07. The van der Waals surface area contributed by atoms with E-state index in [0.29, 0.717) is 24.5 Å². The number of Topliss-reactive ketones (excluding diaryl/α,β-unsaturated/α-hetero) is 1. The smallest absolute Gasteiger partial charge is 0.348 e. The lowest BCUT2D eigenvalue weighted by molar-refractivity contribution is -0.134. The molecular formula is C15H20NO5P. The molecule has 22 heavy (non-hydrogen) atoms. The molecule has 1 aromatic carbocycles. The van der Waals surface area contributed by atoms with Gasteiger partial charge in [-0.2, -0.15) is 0 Å². The van der Waals surface area contributed by atoms with Gasteiger partial charge in [0.05, 0.1) is 25.5 Å². The average molecular weight is 325 g/mol. The normalized spacial score (nSPS) is 16.0. The van der Waals surface area contributed by atoms with Crippen LogP contribution in [0.3, 0.4) is 0 Å². The number of ether oxygens (including phenoxy) is 1. The first kappa shape index (κ1) is 16.7. The molecule has 0 spiro atoms. The lowest BCUT2D eigenvalue weighted by Crippen LogP contribution is -2.34. The number of ketones is 1. The van der Waals surface area contributed by atoms with Crippen LogP contribution >= 0.6 is 7.49 Å². The molecule has 0 saturated heterocycles. The summed E-state index contributed by atoms with van der Waals surface area (Å²) < 4.78 is 16.5. The molecule has 0 radical (unpaired) electrons. The van der Waals surface area contributed by atoms with Crippen molar-refractivity contribution < 1.29 is 23.4 Å². The summed E-state index contributed by atoms with van der Waals surface area (Å²) in [5.74, 6) is -1.09. The summed E-state index contributed by atoms with van der Waals surface area (Å²) in [7, 11) is -3.03. The molecule has 7 heteroatoms. The van der Waals surface area contributed by atoms with Crippen molar-refractivity contribution in [2.75, 3.05) is 24.9 Å². The molecule has 0 amide bonds. The summed E-state index contributed by atoms with van der Waals surface area (Å²) in [5.41, 5.74) is 1.02. The van der Waals surface area contributed by atoms with Crippen LogP contribution in [-0.2, 0) is 18.6 Å². The van der Waals surface area contributed by atoms with Crippen LogP contribution in [0.1, 0.15) is 31.1 Å². The van der Waals surface area contributed by atoms with Gasteiger partial charge < -0.3 is 18.9 Å². The van der Waals surface area contributed by atoms with E-state index >= 15 is 0 Å². The van der Waals surface area contributed by atoms with Gasteiger partial charge in [-0.25, -0.2) is 4.79 Å². The standard InChI is InChI=1S/C15H20NO5P/c1-4-19-15(18)14-13(17)11-9-7-8-10-12(11)16-22(14,20-5-2)21-6-3/h7-10H,4-6H2,1-3H3,(H,16,17). The summed E-state index contributed by atoms with van der Waals surface area (Å²) in [4.78, 5) is 25.1. The predicted molar refractivity (Wildman–Crippen MR) is 86.2 cm³/mol. The third kappa shape index (κ3) is 2.95. The Morgan fingerprint density at radius 2 is 1.73 bits per heavy atom. The molecule has 1 aliphatic heterocycles. The lowest BCUT2D eigenvalue weighted by Gasteiger charge is -2.33. The zero-order valence-electron chi connectivity index (χ0n) is 12.9. The van der Waals surface area contributed by atoms with Crippen LogP contribution in [0.4, 0.5) is 5.69 Å². The van der Waals surface area contributed by atoms with E-state index in [2.05, 4.69) is 5.09 Å². The number of hydrogen-bond acceptors (Lipinski definition) is 6. The maximum atomic E-state index is 12.8. The van der Waals surface area contributed by atoms with Crippen LogP contribution in [0.2, 0.25) is 0 Å². The van der Waals surface area contributed by atoms with Gasteiger partial charge >= 0.3 is 5.97 Å². The molecule has 0 aliphatic carbocycles. The molecule has 0 saturated carbocycles. The van der Waals surface area contributed by atoms with Crippen molar-refractivity contribution in [2.45, 2.75) is 20.8 Å². The molecule has 2 rings (SSSR count). The van der Waals surface area contributed by atoms with Gasteiger partial charge in [0.2, 0.25) is 13.3 Å². The van der Waals surface area contributed by atoms with Crippen LogP contribution in [0, 0.1) is 0 Å². The molecule has 0 fully saturated rings. The minimum absolute atomic E-state index is 0.0725. The zero-order valence-corrected chi connectivity index (χ0v) is 13.8. The number of benzene rings is 1. The summed E-state index contributed by atoms with van der Waals surface area (Å²) in [6.07, 6.45) is 0. The second-order valence-electron chi connectivity index (χ2n) is 4.44. The second-order valence-corrected chi connectivity index (χ2v) is 6.73. The van der Waals surface area contributed by atoms with E-state index in [9.17, 15) is 9.59 Å². The molecule has 0 atom stereocenters. The fourth-order valence-electron chi connectivity index (χ4n) is 2.26. The van der Waals surface area contributed by atoms with Crippen LogP contribution in [0.15, 0.2) is 24.3 Å². The Hall–Kier alpha value is -1.62. The number of rotatable bonds is 6. The fraction of sp³-hybridized carbons (Fsp3) is 0.400. The Labute approximate surface area is 129 Å². The Kier molecular flexibility index (Phi) is 5.40. The van der Waals surface area contributed by atoms with Gasteiger partial charge in [-0.3, -0.25) is 4.79 Å². The van der Waals surface area contributed by atoms with Crippen molar-refractivity contribution in [2.24, 2.45) is 0 Å². The van der Waals surface area contributed by atoms with Gasteiger partial charge in [-0.05, 0) is 32.9 Å². The summed E-state index contributed by atoms with van der Waals surface area (Å²) >= 11 is 0. The van der Waals surface area contributed by atoms with Crippen LogP contribution in [-0.4, -0.2) is 36.9 Å². The third-order valence-electron chi connectivity index (χ3n) is 3.04. The Morgan fingerprint density at radius 1 is 1.09 bits per heavy atom. The van der Waals surface area contributed by atoms with Crippen molar-refractivity contribution in [3.63, 3.8) is 0 Å². The van der Waals surface area contributed by atoms with Crippen LogP contribution < -0.4 is 5.09 Å². The number of hydrogen-bond donors (Lipinski definition) is 1. The lowest BCUT2D eigenvalue weighted by atomic mass is 10.1. The van der Waals surface area contributed by atoms with E-state index in [1.807, 2.05) is 0 Å². The van der Waals surface area contributed by atoms with Crippen molar-refractivity contribution in [3.8, 4) is 0 Å².